The summed E-state index contributed by atoms with van der Waals surface area (Å²) in [5, 5.41) is 0. The van der Waals surface area contributed by atoms with E-state index < -0.39 is 11.9 Å². The summed E-state index contributed by atoms with van der Waals surface area (Å²) in [5.74, 6) is -0.608. The largest absolute Gasteiger partial charge is 0.332 e. The Hall–Kier alpha value is -1.25. The standard InChI is InChI=1S/C7H4F2O/c8-6-3-1-2-5(4-6)7(9)10/h1-4H. The Balaban J connectivity index is 3.07. The maximum absolute atomic E-state index is 12.2. The molecule has 3 heteroatoms. The van der Waals surface area contributed by atoms with Crippen molar-refractivity contribution in [1.82, 2.24) is 0 Å². The van der Waals surface area contributed by atoms with E-state index in [2.05, 4.69) is 0 Å². The van der Waals surface area contributed by atoms with Gasteiger partial charge in [-0.1, -0.05) is 6.07 Å². The third kappa shape index (κ3) is 1.37. The van der Waals surface area contributed by atoms with Crippen molar-refractivity contribution in [2.75, 3.05) is 0 Å². The summed E-state index contributed by atoms with van der Waals surface area (Å²) in [4.78, 5) is 9.96. The fourth-order valence-electron chi connectivity index (χ4n) is 0.611. The third-order valence-electron chi connectivity index (χ3n) is 1.05. The molecule has 1 aromatic carbocycles. The quantitative estimate of drug-likeness (QED) is 0.547. The van der Waals surface area contributed by atoms with Crippen LogP contribution in [0.3, 0.4) is 0 Å². The van der Waals surface area contributed by atoms with E-state index in [9.17, 15) is 13.6 Å². The fourth-order valence-corrected chi connectivity index (χ4v) is 0.611. The molecule has 0 N–H and O–H groups in total. The first-order valence-electron chi connectivity index (χ1n) is 2.65. The molecule has 1 aromatic rings. The van der Waals surface area contributed by atoms with Crippen LogP contribution in [-0.4, -0.2) is 6.04 Å². The minimum Gasteiger partial charge on any atom is -0.255 e. The van der Waals surface area contributed by atoms with Gasteiger partial charge in [0, 0.05) is 0 Å². The smallest absolute Gasteiger partial charge is 0.255 e. The summed E-state index contributed by atoms with van der Waals surface area (Å²) in [5.41, 5.74) is -0.250. The van der Waals surface area contributed by atoms with Gasteiger partial charge in [0.2, 0.25) is 0 Å². The Morgan fingerprint density at radius 3 is 2.50 bits per heavy atom. The van der Waals surface area contributed by atoms with E-state index in [1.165, 1.54) is 12.1 Å². The van der Waals surface area contributed by atoms with Crippen LogP contribution in [0.15, 0.2) is 24.3 Å². The van der Waals surface area contributed by atoms with Gasteiger partial charge in [-0.3, -0.25) is 4.79 Å². The normalized spacial score (nSPS) is 9.40. The van der Waals surface area contributed by atoms with Crippen molar-refractivity contribution in [1.29, 1.82) is 0 Å². The number of rotatable bonds is 1. The Kier molecular flexibility index (Phi) is 1.76. The number of carbonyl (C=O) groups is 1. The second-order valence-corrected chi connectivity index (χ2v) is 1.78. The van der Waals surface area contributed by atoms with Gasteiger partial charge < -0.3 is 0 Å². The van der Waals surface area contributed by atoms with Crippen LogP contribution in [0, 0.1) is 5.82 Å². The molecule has 0 aliphatic carbocycles. The van der Waals surface area contributed by atoms with Gasteiger partial charge in [0.05, 0.1) is 5.56 Å². The van der Waals surface area contributed by atoms with E-state index in [1.54, 1.807) is 0 Å². The summed E-state index contributed by atoms with van der Waals surface area (Å²) in [6.07, 6.45) is 0. The molecule has 0 spiro atoms. The van der Waals surface area contributed by atoms with Gasteiger partial charge in [0.1, 0.15) is 5.82 Å². The van der Waals surface area contributed by atoms with Crippen LogP contribution in [-0.2, 0) is 0 Å². The average molecular weight is 142 g/mol. The number of hydrogen-bond donors (Lipinski definition) is 0. The Bertz CT molecular complexity index is 258. The van der Waals surface area contributed by atoms with E-state index in [0.717, 1.165) is 12.1 Å². The topological polar surface area (TPSA) is 17.1 Å². The number of halogens is 2. The van der Waals surface area contributed by atoms with Crippen LogP contribution in [0.1, 0.15) is 10.4 Å². The zero-order chi connectivity index (χ0) is 7.56. The molecule has 10 heavy (non-hydrogen) atoms. The lowest BCUT2D eigenvalue weighted by atomic mass is 10.2. The van der Waals surface area contributed by atoms with Gasteiger partial charge in [0.15, 0.2) is 0 Å². The van der Waals surface area contributed by atoms with Crippen LogP contribution >= 0.6 is 0 Å². The lowest BCUT2D eigenvalue weighted by molar-refractivity contribution is 0.0835. The molecule has 0 heterocycles. The summed E-state index contributed by atoms with van der Waals surface area (Å²) < 4.78 is 24.0. The van der Waals surface area contributed by atoms with Crippen molar-refractivity contribution in [3.63, 3.8) is 0 Å². The highest BCUT2D eigenvalue weighted by atomic mass is 19.1. The van der Waals surface area contributed by atoms with Gasteiger partial charge in [-0.25, -0.2) is 4.39 Å². The highest BCUT2D eigenvalue weighted by Crippen LogP contribution is 2.04. The van der Waals surface area contributed by atoms with Gasteiger partial charge in [-0.05, 0) is 18.2 Å². The first kappa shape index (κ1) is 6.86. The van der Waals surface area contributed by atoms with Gasteiger partial charge in [-0.15, -0.1) is 0 Å². The van der Waals surface area contributed by atoms with Crippen molar-refractivity contribution in [2.24, 2.45) is 0 Å². The van der Waals surface area contributed by atoms with E-state index in [-0.39, 0.29) is 5.56 Å². The average Bonchev–Trinajstić information content (AvgIpc) is 1.88. The lowest BCUT2D eigenvalue weighted by Gasteiger charge is -1.89. The lowest BCUT2D eigenvalue weighted by Crippen LogP contribution is -1.89. The van der Waals surface area contributed by atoms with E-state index >= 15 is 0 Å². The van der Waals surface area contributed by atoms with Gasteiger partial charge in [0.25, 0.3) is 0 Å². The van der Waals surface area contributed by atoms with Gasteiger partial charge in [-0.2, -0.15) is 4.39 Å². The zero-order valence-electron chi connectivity index (χ0n) is 4.97. The first-order chi connectivity index (χ1) is 4.70. The molecule has 1 rings (SSSR count). The summed E-state index contributed by atoms with van der Waals surface area (Å²) in [6.45, 7) is 0. The van der Waals surface area contributed by atoms with Gasteiger partial charge >= 0.3 is 6.04 Å². The molecule has 0 aromatic heterocycles. The monoisotopic (exact) mass is 142 g/mol. The van der Waals surface area contributed by atoms with E-state index in [1.807, 2.05) is 0 Å². The van der Waals surface area contributed by atoms with Crippen LogP contribution in [0.2, 0.25) is 0 Å². The molecule has 0 saturated heterocycles. The first-order valence-corrected chi connectivity index (χ1v) is 2.65. The maximum atomic E-state index is 12.2. The highest BCUT2D eigenvalue weighted by Gasteiger charge is 2.02. The van der Waals surface area contributed by atoms with Crippen molar-refractivity contribution in [3.05, 3.63) is 35.6 Å². The number of hydrogen-bond acceptors (Lipinski definition) is 1. The van der Waals surface area contributed by atoms with Crippen LogP contribution in [0.4, 0.5) is 8.78 Å². The summed E-state index contributed by atoms with van der Waals surface area (Å²) >= 11 is 0. The molecule has 52 valence electrons. The number of carbonyl (C=O) groups excluding carboxylic acids is 1. The minimum atomic E-state index is -1.61. The predicted octanol–water partition coefficient (Wildman–Crippen LogP) is 1.94. The maximum Gasteiger partial charge on any atom is 0.332 e. The molecule has 0 atom stereocenters. The Morgan fingerprint density at radius 1 is 1.40 bits per heavy atom. The molecule has 1 nitrogen and oxygen atoms in total. The molecule has 0 radical (unpaired) electrons. The molecule has 0 fully saturated rings. The molecule has 0 amide bonds. The SMILES string of the molecule is O=C(F)c1cccc(F)c1. The highest BCUT2D eigenvalue weighted by molar-refractivity contribution is 5.88. The summed E-state index contributed by atoms with van der Waals surface area (Å²) in [6, 6.07) is 2.88. The van der Waals surface area contributed by atoms with Crippen LogP contribution < -0.4 is 0 Å². The van der Waals surface area contributed by atoms with Crippen LogP contribution in [0.25, 0.3) is 0 Å². The summed E-state index contributed by atoms with van der Waals surface area (Å²) in [7, 11) is 0. The van der Waals surface area contributed by atoms with Crippen molar-refractivity contribution >= 4 is 6.04 Å². The Morgan fingerprint density at radius 2 is 2.10 bits per heavy atom. The Labute approximate surface area is 56.3 Å². The third-order valence-corrected chi connectivity index (χ3v) is 1.05. The van der Waals surface area contributed by atoms with E-state index in [4.69, 9.17) is 0 Å². The molecule has 0 unspecified atom stereocenters. The predicted molar refractivity (Wildman–Crippen MR) is 31.8 cm³/mol. The molecule has 0 saturated carbocycles. The molecule has 0 aliphatic heterocycles. The zero-order valence-corrected chi connectivity index (χ0v) is 4.97. The van der Waals surface area contributed by atoms with Crippen molar-refractivity contribution in [3.8, 4) is 0 Å². The molecular formula is C7H4F2O. The fraction of sp³-hybridized carbons (Fsp3) is 0. The van der Waals surface area contributed by atoms with E-state index in [0.29, 0.717) is 0 Å². The molecular weight excluding hydrogens is 138 g/mol. The second-order valence-electron chi connectivity index (χ2n) is 1.78. The van der Waals surface area contributed by atoms with Crippen molar-refractivity contribution in [2.45, 2.75) is 0 Å². The second kappa shape index (κ2) is 2.56. The minimum absolute atomic E-state index is 0.250. The number of benzene rings is 1. The molecule has 0 aliphatic rings. The molecule has 0 bridgehead atoms. The van der Waals surface area contributed by atoms with Crippen LogP contribution in [0.5, 0.6) is 0 Å². The van der Waals surface area contributed by atoms with Crippen molar-refractivity contribution < 1.29 is 13.6 Å².